The minimum atomic E-state index is -0.944. The summed E-state index contributed by atoms with van der Waals surface area (Å²) >= 11 is 0. The SMILES string of the molecule is C=P(C)(CN)CCCCCCC. The average molecular weight is 189 g/mol. The summed E-state index contributed by atoms with van der Waals surface area (Å²) in [6, 6.07) is 0. The van der Waals surface area contributed by atoms with Gasteiger partial charge in [-0.15, -0.1) is 6.89 Å². The number of rotatable bonds is 7. The van der Waals surface area contributed by atoms with E-state index in [1.807, 2.05) is 0 Å². The van der Waals surface area contributed by atoms with Gasteiger partial charge in [-0.2, -0.15) is 0 Å². The van der Waals surface area contributed by atoms with Crippen LogP contribution in [0.2, 0.25) is 0 Å². The molecule has 0 aromatic carbocycles. The van der Waals surface area contributed by atoms with Crippen molar-refractivity contribution in [3.63, 3.8) is 0 Å². The molecule has 0 bridgehead atoms. The molecule has 0 heterocycles. The third kappa shape index (κ3) is 6.94. The van der Waals surface area contributed by atoms with E-state index >= 15 is 0 Å². The van der Waals surface area contributed by atoms with Crippen molar-refractivity contribution >= 4 is 13.2 Å². The zero-order chi connectivity index (χ0) is 9.45. The van der Waals surface area contributed by atoms with Crippen molar-refractivity contribution in [2.45, 2.75) is 39.0 Å². The van der Waals surface area contributed by atoms with E-state index in [9.17, 15) is 0 Å². The van der Waals surface area contributed by atoms with Crippen LogP contribution in [-0.4, -0.2) is 25.4 Å². The van der Waals surface area contributed by atoms with Gasteiger partial charge in [0.05, 0.1) is 0 Å². The van der Waals surface area contributed by atoms with Gasteiger partial charge in [0.2, 0.25) is 0 Å². The quantitative estimate of drug-likeness (QED) is 0.483. The highest BCUT2D eigenvalue weighted by Crippen LogP contribution is 2.38. The summed E-state index contributed by atoms with van der Waals surface area (Å²) in [5.41, 5.74) is 5.63. The molecule has 12 heavy (non-hydrogen) atoms. The maximum atomic E-state index is 5.63. The normalized spacial score (nSPS) is 15.9. The summed E-state index contributed by atoms with van der Waals surface area (Å²) in [5.74, 6) is 0. The van der Waals surface area contributed by atoms with Crippen molar-refractivity contribution in [1.82, 2.24) is 0 Å². The molecule has 0 aliphatic rings. The van der Waals surface area contributed by atoms with Gasteiger partial charge in [-0.25, -0.2) is 0 Å². The first-order valence-electron chi connectivity index (χ1n) is 5.01. The Morgan fingerprint density at radius 1 is 1.17 bits per heavy atom. The first-order chi connectivity index (χ1) is 5.62. The van der Waals surface area contributed by atoms with Crippen LogP contribution in [0.5, 0.6) is 0 Å². The lowest BCUT2D eigenvalue weighted by atomic mass is 10.2. The second-order valence-electron chi connectivity index (χ2n) is 3.94. The summed E-state index contributed by atoms with van der Waals surface area (Å²) in [7, 11) is 0. The van der Waals surface area contributed by atoms with E-state index in [1.165, 1.54) is 38.3 Å². The largest absolute Gasteiger partial charge is 0.327 e. The Morgan fingerprint density at radius 3 is 2.25 bits per heavy atom. The standard InChI is InChI=1S/C10H24NP/c1-4-5-6-7-8-9-12(2,3)10-11/h2,4-11H2,1,3H3. The van der Waals surface area contributed by atoms with E-state index in [0.29, 0.717) is 0 Å². The summed E-state index contributed by atoms with van der Waals surface area (Å²) in [6.07, 6.45) is 13.1. The predicted octanol–water partition coefficient (Wildman–Crippen LogP) is 2.95. The Morgan fingerprint density at radius 2 is 1.75 bits per heavy atom. The molecular weight excluding hydrogens is 165 g/mol. The lowest BCUT2D eigenvalue weighted by Crippen LogP contribution is -2.03. The van der Waals surface area contributed by atoms with Crippen LogP contribution in [0.4, 0.5) is 0 Å². The Kier molecular flexibility index (Phi) is 6.89. The molecule has 0 spiro atoms. The summed E-state index contributed by atoms with van der Waals surface area (Å²) in [6.45, 7) is 3.56. The highest BCUT2D eigenvalue weighted by atomic mass is 31.2. The Balaban J connectivity index is 3.25. The molecule has 0 aromatic rings. The molecule has 0 aromatic heterocycles. The maximum absolute atomic E-state index is 5.63. The van der Waals surface area contributed by atoms with Gasteiger partial charge in [0, 0.05) is 6.29 Å². The van der Waals surface area contributed by atoms with Crippen LogP contribution in [0.15, 0.2) is 0 Å². The van der Waals surface area contributed by atoms with Crippen LogP contribution >= 0.6 is 6.89 Å². The number of unbranched alkanes of at least 4 members (excludes halogenated alkanes) is 4. The molecule has 0 radical (unpaired) electrons. The van der Waals surface area contributed by atoms with Crippen molar-refractivity contribution < 1.29 is 0 Å². The fourth-order valence-electron chi connectivity index (χ4n) is 1.19. The molecule has 2 heteroatoms. The van der Waals surface area contributed by atoms with Crippen molar-refractivity contribution in [3.05, 3.63) is 0 Å². The van der Waals surface area contributed by atoms with Gasteiger partial charge in [0.1, 0.15) is 0 Å². The summed E-state index contributed by atoms with van der Waals surface area (Å²) in [4.78, 5) is 0. The minimum Gasteiger partial charge on any atom is -0.327 e. The second kappa shape index (κ2) is 6.74. The van der Waals surface area contributed by atoms with Gasteiger partial charge < -0.3 is 5.73 Å². The molecule has 0 saturated heterocycles. The van der Waals surface area contributed by atoms with Crippen molar-refractivity contribution in [2.75, 3.05) is 19.1 Å². The molecule has 0 rings (SSSR count). The van der Waals surface area contributed by atoms with Crippen molar-refractivity contribution in [1.29, 1.82) is 0 Å². The molecule has 0 aliphatic carbocycles. The fourth-order valence-corrected chi connectivity index (χ4v) is 2.36. The van der Waals surface area contributed by atoms with Crippen molar-refractivity contribution in [2.24, 2.45) is 5.73 Å². The van der Waals surface area contributed by atoms with Gasteiger partial charge in [0.25, 0.3) is 0 Å². The molecular formula is C10H24NP. The van der Waals surface area contributed by atoms with Gasteiger partial charge in [-0.3, -0.25) is 0 Å². The third-order valence-electron chi connectivity index (χ3n) is 2.24. The molecule has 0 aliphatic heterocycles. The van der Waals surface area contributed by atoms with E-state index in [0.717, 1.165) is 6.29 Å². The van der Waals surface area contributed by atoms with Crippen LogP contribution in [0, 0.1) is 0 Å². The van der Waals surface area contributed by atoms with Crippen LogP contribution in [0.3, 0.4) is 0 Å². The summed E-state index contributed by atoms with van der Waals surface area (Å²) in [5, 5.41) is 0. The highest BCUT2D eigenvalue weighted by Gasteiger charge is 2.03. The van der Waals surface area contributed by atoms with E-state index < -0.39 is 6.89 Å². The fraction of sp³-hybridized carbons (Fsp3) is 0.900. The molecule has 0 saturated carbocycles. The monoisotopic (exact) mass is 189 g/mol. The van der Waals surface area contributed by atoms with Gasteiger partial charge in [0.15, 0.2) is 0 Å². The smallest absolute Gasteiger partial charge is 0.0118 e. The molecule has 2 N–H and O–H groups in total. The first-order valence-corrected chi connectivity index (χ1v) is 7.80. The molecule has 0 amide bonds. The van der Waals surface area contributed by atoms with Crippen LogP contribution in [-0.2, 0) is 0 Å². The summed E-state index contributed by atoms with van der Waals surface area (Å²) < 4.78 is 0. The number of hydrogen-bond donors (Lipinski definition) is 1. The minimum absolute atomic E-state index is 0.820. The first kappa shape index (κ1) is 12.3. The van der Waals surface area contributed by atoms with Crippen molar-refractivity contribution in [3.8, 4) is 0 Å². The van der Waals surface area contributed by atoms with E-state index in [-0.39, 0.29) is 0 Å². The highest BCUT2D eigenvalue weighted by molar-refractivity contribution is 7.72. The Hall–Kier alpha value is 0.260. The second-order valence-corrected chi connectivity index (χ2v) is 7.99. The van der Waals surface area contributed by atoms with Crippen LogP contribution < -0.4 is 5.73 Å². The zero-order valence-corrected chi connectivity index (χ0v) is 9.58. The lowest BCUT2D eigenvalue weighted by Gasteiger charge is -2.15. The molecule has 0 fully saturated rings. The van der Waals surface area contributed by atoms with Gasteiger partial charge in [-0.1, -0.05) is 38.9 Å². The van der Waals surface area contributed by atoms with E-state index in [2.05, 4.69) is 19.9 Å². The lowest BCUT2D eigenvalue weighted by molar-refractivity contribution is 0.658. The molecule has 1 unspecified atom stereocenters. The predicted molar refractivity (Wildman–Crippen MR) is 62.6 cm³/mol. The maximum Gasteiger partial charge on any atom is 0.0118 e. The molecule has 1 nitrogen and oxygen atoms in total. The molecule has 74 valence electrons. The zero-order valence-electron chi connectivity index (χ0n) is 8.68. The third-order valence-corrected chi connectivity index (χ3v) is 4.52. The van der Waals surface area contributed by atoms with Crippen LogP contribution in [0.25, 0.3) is 0 Å². The topological polar surface area (TPSA) is 26.0 Å². The number of hydrogen-bond acceptors (Lipinski definition) is 1. The van der Waals surface area contributed by atoms with E-state index in [4.69, 9.17) is 5.73 Å². The van der Waals surface area contributed by atoms with Gasteiger partial charge >= 0.3 is 0 Å². The molecule has 1 atom stereocenters. The van der Waals surface area contributed by atoms with E-state index in [1.54, 1.807) is 0 Å². The van der Waals surface area contributed by atoms with Crippen LogP contribution in [0.1, 0.15) is 39.0 Å². The Bertz CT molecular complexity index is 143. The van der Waals surface area contributed by atoms with Gasteiger partial charge in [-0.05, 0) is 19.2 Å². The average Bonchev–Trinajstić information content (AvgIpc) is 2.04. The Labute approximate surface area is 77.7 Å². The number of nitrogens with two attached hydrogens (primary N) is 1.